The second-order valence-corrected chi connectivity index (χ2v) is 5.63. The number of nitrogens with zero attached hydrogens (tertiary/aromatic N) is 1. The van der Waals surface area contributed by atoms with Gasteiger partial charge in [0.05, 0.1) is 11.5 Å². The summed E-state index contributed by atoms with van der Waals surface area (Å²) < 4.78 is 16.0. The van der Waals surface area contributed by atoms with Crippen molar-refractivity contribution in [3.63, 3.8) is 0 Å². The third kappa shape index (κ3) is 2.64. The maximum absolute atomic E-state index is 14.4. The van der Waals surface area contributed by atoms with Crippen LogP contribution in [0.4, 0.5) is 4.39 Å². The minimum absolute atomic E-state index is 0.0706. The first-order chi connectivity index (χ1) is 11.5. The molecule has 0 aliphatic carbocycles. The van der Waals surface area contributed by atoms with Crippen molar-refractivity contribution < 1.29 is 18.5 Å². The number of hydrogen-bond donors (Lipinski definition) is 2. The van der Waals surface area contributed by atoms with E-state index in [1.165, 1.54) is 18.2 Å². The van der Waals surface area contributed by atoms with Crippen molar-refractivity contribution in [1.29, 1.82) is 5.41 Å². The second-order valence-electron chi connectivity index (χ2n) is 5.63. The summed E-state index contributed by atoms with van der Waals surface area (Å²) in [6.45, 7) is 1.87. The van der Waals surface area contributed by atoms with Gasteiger partial charge in [0.1, 0.15) is 5.82 Å². The summed E-state index contributed by atoms with van der Waals surface area (Å²) in [6.07, 6.45) is 3.43. The van der Waals surface area contributed by atoms with E-state index in [4.69, 9.17) is 5.41 Å². The number of rotatable bonds is 2. The van der Waals surface area contributed by atoms with E-state index < -0.39 is 29.6 Å². The average Bonchev–Trinajstić information content (AvgIpc) is 2.54. The highest BCUT2D eigenvalue weighted by molar-refractivity contribution is 6.13. The normalized spacial score (nSPS) is 20.5. The fourth-order valence-corrected chi connectivity index (χ4v) is 2.99. The number of aromatic nitrogens is 1. The molecule has 0 spiro atoms. The van der Waals surface area contributed by atoms with Gasteiger partial charge in [-0.1, -0.05) is 18.2 Å². The monoisotopic (exact) mass is 324 g/mol. The molecule has 2 amide bonds. The van der Waals surface area contributed by atoms with Gasteiger partial charge in [-0.05, 0) is 24.9 Å². The van der Waals surface area contributed by atoms with Crippen LogP contribution in [-0.4, -0.2) is 17.7 Å². The van der Waals surface area contributed by atoms with E-state index in [2.05, 4.69) is 11.2 Å². The Morgan fingerprint density at radius 1 is 1.21 bits per heavy atom. The van der Waals surface area contributed by atoms with Crippen molar-refractivity contribution in [2.45, 2.75) is 18.9 Å². The van der Waals surface area contributed by atoms with Crippen LogP contribution in [0.2, 0.25) is 0 Å². The van der Waals surface area contributed by atoms with Gasteiger partial charge in [-0.15, -0.1) is 0 Å². The number of imide groups is 1. The SMILES string of the molecule is Cc1ccc[n+](C2C(=O)NC(=O)C(=C=N)C2c2ccccc2F)c1. The third-order valence-electron chi connectivity index (χ3n) is 4.04. The summed E-state index contributed by atoms with van der Waals surface area (Å²) in [6, 6.07) is 8.71. The fraction of sp³-hybridized carbons (Fsp3) is 0.167. The summed E-state index contributed by atoms with van der Waals surface area (Å²) >= 11 is 0. The average molecular weight is 324 g/mol. The molecular formula is C18H15FN3O2+. The Bertz CT molecular complexity index is 887. The van der Waals surface area contributed by atoms with E-state index in [1.807, 2.05) is 13.0 Å². The highest BCUT2D eigenvalue weighted by Gasteiger charge is 2.48. The number of nitrogens with one attached hydrogen (secondary N) is 2. The minimum Gasteiger partial charge on any atom is -0.286 e. The summed E-state index contributed by atoms with van der Waals surface area (Å²) in [5.41, 5.74) is 1.03. The molecule has 0 radical (unpaired) electrons. The van der Waals surface area contributed by atoms with Crippen LogP contribution in [0.3, 0.4) is 0 Å². The summed E-state index contributed by atoms with van der Waals surface area (Å²) in [5, 5.41) is 9.67. The lowest BCUT2D eigenvalue weighted by molar-refractivity contribution is -0.711. The van der Waals surface area contributed by atoms with Crippen LogP contribution in [0, 0.1) is 18.2 Å². The van der Waals surface area contributed by atoms with E-state index in [0.717, 1.165) is 5.56 Å². The maximum Gasteiger partial charge on any atom is 0.296 e. The van der Waals surface area contributed by atoms with Crippen molar-refractivity contribution in [3.8, 4) is 0 Å². The summed E-state index contributed by atoms with van der Waals surface area (Å²) in [7, 11) is 0. The predicted molar refractivity (Wildman–Crippen MR) is 83.9 cm³/mol. The van der Waals surface area contributed by atoms with Crippen LogP contribution in [0.15, 0.2) is 54.4 Å². The Morgan fingerprint density at radius 2 is 1.96 bits per heavy atom. The van der Waals surface area contributed by atoms with Crippen molar-refractivity contribution >= 4 is 17.7 Å². The smallest absolute Gasteiger partial charge is 0.286 e. The number of carbonyl (C=O) groups excluding carboxylic acids is 2. The van der Waals surface area contributed by atoms with E-state index in [0.29, 0.717) is 0 Å². The Balaban J connectivity index is 2.23. The van der Waals surface area contributed by atoms with Gasteiger partial charge in [0, 0.05) is 17.2 Å². The molecule has 0 bridgehead atoms. The summed E-state index contributed by atoms with van der Waals surface area (Å²) in [4.78, 5) is 24.6. The lowest BCUT2D eigenvalue weighted by Crippen LogP contribution is -2.57. The molecule has 2 unspecified atom stereocenters. The quantitative estimate of drug-likeness (QED) is 0.381. The molecule has 5 nitrogen and oxygen atoms in total. The first-order valence-electron chi connectivity index (χ1n) is 7.39. The molecule has 2 N–H and O–H groups in total. The molecule has 6 heteroatoms. The van der Waals surface area contributed by atoms with Gasteiger partial charge in [-0.2, -0.15) is 4.57 Å². The van der Waals surface area contributed by atoms with E-state index in [-0.39, 0.29) is 11.1 Å². The van der Waals surface area contributed by atoms with E-state index in [9.17, 15) is 14.0 Å². The molecule has 1 aromatic heterocycles. The van der Waals surface area contributed by atoms with Crippen LogP contribution in [0.5, 0.6) is 0 Å². The number of carbonyl (C=O) groups is 2. The highest BCUT2D eigenvalue weighted by Crippen LogP contribution is 2.35. The second kappa shape index (κ2) is 6.18. The number of halogens is 1. The zero-order valence-corrected chi connectivity index (χ0v) is 12.9. The van der Waals surface area contributed by atoms with Crippen LogP contribution in [-0.2, 0) is 9.59 Å². The van der Waals surface area contributed by atoms with E-state index >= 15 is 0 Å². The molecule has 2 aromatic rings. The number of benzene rings is 1. The standard InChI is InChI=1S/C18H14FN3O2/c1-11-5-4-8-22(10-11)16-15(12-6-2-3-7-14(12)19)13(9-20)17(23)21-18(16)24/h2-8,10,15-16,20H,1H3/p+1. The van der Waals surface area contributed by atoms with Crippen molar-refractivity contribution in [1.82, 2.24) is 5.32 Å². The molecule has 3 rings (SSSR count). The van der Waals surface area contributed by atoms with Gasteiger partial charge in [-0.3, -0.25) is 20.3 Å². The van der Waals surface area contributed by atoms with Gasteiger partial charge < -0.3 is 0 Å². The van der Waals surface area contributed by atoms with Gasteiger partial charge in [0.2, 0.25) is 6.04 Å². The van der Waals surface area contributed by atoms with Gasteiger partial charge in [0.25, 0.3) is 11.8 Å². The molecule has 1 aliphatic heterocycles. The van der Waals surface area contributed by atoms with Crippen molar-refractivity contribution in [2.75, 3.05) is 0 Å². The van der Waals surface area contributed by atoms with Crippen LogP contribution in [0.1, 0.15) is 23.1 Å². The summed E-state index contributed by atoms with van der Waals surface area (Å²) in [5.74, 6) is -0.618. The molecule has 1 aliphatic rings. The Hall–Kier alpha value is -3.11. The van der Waals surface area contributed by atoms with Gasteiger partial charge in [-0.25, -0.2) is 4.39 Å². The molecule has 0 saturated carbocycles. The number of aryl methyl sites for hydroxylation is 1. The molecule has 24 heavy (non-hydrogen) atoms. The molecule has 1 saturated heterocycles. The first-order valence-corrected chi connectivity index (χ1v) is 7.39. The Labute approximate surface area is 138 Å². The minimum atomic E-state index is -0.920. The largest absolute Gasteiger partial charge is 0.296 e. The molecule has 2 atom stereocenters. The highest BCUT2D eigenvalue weighted by atomic mass is 19.1. The first kappa shape index (κ1) is 15.8. The molecular weight excluding hydrogens is 309 g/mol. The number of amides is 2. The lowest BCUT2D eigenvalue weighted by atomic mass is 9.81. The molecule has 1 aromatic carbocycles. The lowest BCUT2D eigenvalue weighted by Gasteiger charge is -2.27. The molecule has 120 valence electrons. The topological polar surface area (TPSA) is 73.9 Å². The predicted octanol–water partition coefficient (Wildman–Crippen LogP) is 1.58. The number of pyridine rings is 1. The fourth-order valence-electron chi connectivity index (χ4n) is 2.99. The van der Waals surface area contributed by atoms with Crippen LogP contribution < -0.4 is 9.88 Å². The van der Waals surface area contributed by atoms with E-state index in [1.54, 1.807) is 29.1 Å². The third-order valence-corrected chi connectivity index (χ3v) is 4.04. The molecule has 2 heterocycles. The number of piperidine rings is 1. The van der Waals surface area contributed by atoms with Crippen LogP contribution >= 0.6 is 0 Å². The van der Waals surface area contributed by atoms with Gasteiger partial charge >= 0.3 is 0 Å². The zero-order chi connectivity index (χ0) is 17.3. The number of hydrogen-bond acceptors (Lipinski definition) is 3. The Morgan fingerprint density at radius 3 is 2.62 bits per heavy atom. The van der Waals surface area contributed by atoms with Gasteiger partial charge in [0.15, 0.2) is 12.4 Å². The zero-order valence-electron chi connectivity index (χ0n) is 12.9. The van der Waals surface area contributed by atoms with Crippen molar-refractivity contribution in [3.05, 3.63) is 71.3 Å². The maximum atomic E-state index is 14.4. The van der Waals surface area contributed by atoms with Crippen LogP contribution in [0.25, 0.3) is 0 Å². The molecule has 1 fully saturated rings. The Kier molecular flexibility index (Phi) is 4.06. The van der Waals surface area contributed by atoms with Crippen molar-refractivity contribution in [2.24, 2.45) is 0 Å².